The topological polar surface area (TPSA) is 86.3 Å². The number of aliphatic hydroxyl groups excluding tert-OH is 1. The van der Waals surface area contributed by atoms with E-state index < -0.39 is 10.0 Å². The van der Waals surface area contributed by atoms with Gasteiger partial charge in [-0.2, -0.15) is 9.40 Å². The van der Waals surface area contributed by atoms with Crippen molar-refractivity contribution in [3.05, 3.63) is 11.3 Å². The molecule has 0 aromatic carbocycles. The molecule has 1 aromatic heterocycles. The van der Waals surface area contributed by atoms with Crippen molar-refractivity contribution >= 4 is 10.0 Å². The minimum atomic E-state index is -3.62. The Balaban J connectivity index is 2.36. The summed E-state index contributed by atoms with van der Waals surface area (Å²) in [6.45, 7) is 6.53. The third-order valence-corrected chi connectivity index (χ3v) is 5.42. The number of hydrogen-bond donors (Lipinski definition) is 2. The van der Waals surface area contributed by atoms with Gasteiger partial charge in [-0.05, 0) is 25.2 Å². The molecule has 0 spiro atoms. The lowest BCUT2D eigenvalue weighted by Crippen LogP contribution is -2.42. The van der Waals surface area contributed by atoms with Crippen LogP contribution in [-0.4, -0.2) is 41.1 Å². The fourth-order valence-electron chi connectivity index (χ4n) is 2.75. The van der Waals surface area contributed by atoms with Crippen LogP contribution in [0.1, 0.15) is 31.5 Å². The van der Waals surface area contributed by atoms with Gasteiger partial charge in [0.2, 0.25) is 0 Å². The Hall–Kier alpha value is -0.920. The van der Waals surface area contributed by atoms with E-state index in [9.17, 15) is 13.5 Å². The molecule has 2 N–H and O–H groups in total. The molecule has 1 aromatic rings. The predicted molar refractivity (Wildman–Crippen MR) is 71.0 cm³/mol. The average molecular weight is 287 g/mol. The number of aliphatic hydroxyl groups is 1. The second kappa shape index (κ2) is 5.22. The van der Waals surface area contributed by atoms with Crippen LogP contribution >= 0.6 is 0 Å². The molecular formula is C12H21N3O3S. The minimum Gasteiger partial charge on any atom is -0.392 e. The summed E-state index contributed by atoms with van der Waals surface area (Å²) in [5, 5.41) is 15.8. The van der Waals surface area contributed by atoms with Gasteiger partial charge in [-0.3, -0.25) is 5.10 Å². The zero-order chi connectivity index (χ0) is 14.2. The maximum Gasteiger partial charge on any atom is 0.262 e. The van der Waals surface area contributed by atoms with E-state index in [1.54, 1.807) is 6.92 Å². The monoisotopic (exact) mass is 287 g/mol. The number of sulfonamides is 1. The van der Waals surface area contributed by atoms with Crippen molar-refractivity contribution in [2.75, 3.05) is 13.1 Å². The maximum atomic E-state index is 12.6. The summed E-state index contributed by atoms with van der Waals surface area (Å²) in [5.41, 5.74) is 0.963. The summed E-state index contributed by atoms with van der Waals surface area (Å²) >= 11 is 0. The van der Waals surface area contributed by atoms with Gasteiger partial charge in [-0.25, -0.2) is 8.42 Å². The highest BCUT2D eigenvalue weighted by Crippen LogP contribution is 2.27. The van der Waals surface area contributed by atoms with Gasteiger partial charge in [0.25, 0.3) is 10.0 Å². The van der Waals surface area contributed by atoms with E-state index in [0.29, 0.717) is 36.2 Å². The van der Waals surface area contributed by atoms with Gasteiger partial charge in [-0.1, -0.05) is 13.8 Å². The van der Waals surface area contributed by atoms with Gasteiger partial charge in [0.15, 0.2) is 5.03 Å². The smallest absolute Gasteiger partial charge is 0.262 e. The number of nitrogens with one attached hydrogen (secondary N) is 1. The van der Waals surface area contributed by atoms with E-state index in [0.717, 1.165) is 6.42 Å². The van der Waals surface area contributed by atoms with Crippen molar-refractivity contribution in [2.24, 2.45) is 11.8 Å². The van der Waals surface area contributed by atoms with Gasteiger partial charge >= 0.3 is 0 Å². The van der Waals surface area contributed by atoms with Gasteiger partial charge in [-0.15, -0.1) is 0 Å². The molecule has 2 unspecified atom stereocenters. The maximum absolute atomic E-state index is 12.6. The first-order chi connectivity index (χ1) is 8.86. The van der Waals surface area contributed by atoms with Crippen LogP contribution in [-0.2, 0) is 16.6 Å². The molecule has 1 aliphatic heterocycles. The molecule has 0 bridgehead atoms. The Labute approximate surface area is 113 Å². The first kappa shape index (κ1) is 14.5. The molecule has 1 aliphatic rings. The second-order valence-corrected chi connectivity index (χ2v) is 7.41. The largest absolute Gasteiger partial charge is 0.392 e. The molecule has 2 atom stereocenters. The molecule has 2 rings (SSSR count). The van der Waals surface area contributed by atoms with Crippen LogP contribution in [0.3, 0.4) is 0 Å². The zero-order valence-electron chi connectivity index (χ0n) is 11.5. The Morgan fingerprint density at radius 2 is 1.95 bits per heavy atom. The molecule has 19 heavy (non-hydrogen) atoms. The van der Waals surface area contributed by atoms with Crippen LogP contribution in [0.5, 0.6) is 0 Å². The summed E-state index contributed by atoms with van der Waals surface area (Å²) < 4.78 is 26.7. The Morgan fingerprint density at radius 3 is 2.47 bits per heavy atom. The van der Waals surface area contributed by atoms with Crippen LogP contribution in [0.2, 0.25) is 0 Å². The number of hydrogen-bond acceptors (Lipinski definition) is 4. The molecule has 0 amide bonds. The normalized spacial score (nSPS) is 25.7. The summed E-state index contributed by atoms with van der Waals surface area (Å²) in [6, 6.07) is 0. The van der Waals surface area contributed by atoms with Gasteiger partial charge in [0.05, 0.1) is 6.61 Å². The van der Waals surface area contributed by atoms with E-state index in [-0.39, 0.29) is 11.6 Å². The van der Waals surface area contributed by atoms with Crippen LogP contribution in [0.4, 0.5) is 0 Å². The Bertz CT molecular complexity index is 543. The van der Waals surface area contributed by atoms with Crippen molar-refractivity contribution in [1.29, 1.82) is 0 Å². The van der Waals surface area contributed by atoms with Gasteiger partial charge in [0.1, 0.15) is 0 Å². The lowest BCUT2D eigenvalue weighted by molar-refractivity contribution is 0.221. The number of H-pyrrole nitrogens is 1. The minimum absolute atomic E-state index is 0.0335. The highest BCUT2D eigenvalue weighted by molar-refractivity contribution is 7.89. The van der Waals surface area contributed by atoms with Crippen molar-refractivity contribution in [2.45, 2.75) is 38.8 Å². The molecular weight excluding hydrogens is 266 g/mol. The predicted octanol–water partition coefficient (Wildman–Crippen LogP) is 0.877. The number of nitrogens with zero attached hydrogens (tertiary/aromatic N) is 2. The van der Waals surface area contributed by atoms with Crippen LogP contribution in [0.15, 0.2) is 5.03 Å². The molecule has 6 nitrogen and oxygen atoms in total. The van der Waals surface area contributed by atoms with Crippen LogP contribution in [0, 0.1) is 18.8 Å². The van der Waals surface area contributed by atoms with Crippen molar-refractivity contribution in [3.63, 3.8) is 0 Å². The number of rotatable bonds is 3. The fourth-order valence-corrected chi connectivity index (χ4v) is 4.59. The van der Waals surface area contributed by atoms with Crippen molar-refractivity contribution in [3.8, 4) is 0 Å². The number of piperidine rings is 1. The summed E-state index contributed by atoms with van der Waals surface area (Å²) in [5.74, 6) is 0.687. The molecule has 7 heteroatoms. The lowest BCUT2D eigenvalue weighted by Gasteiger charge is -2.33. The summed E-state index contributed by atoms with van der Waals surface area (Å²) in [7, 11) is -3.62. The fraction of sp³-hybridized carbons (Fsp3) is 0.750. The van der Waals surface area contributed by atoms with E-state index in [4.69, 9.17) is 0 Å². The van der Waals surface area contributed by atoms with Crippen molar-refractivity contribution in [1.82, 2.24) is 14.5 Å². The summed E-state index contributed by atoms with van der Waals surface area (Å²) in [4.78, 5) is 0. The molecule has 0 saturated carbocycles. The average Bonchev–Trinajstić information content (AvgIpc) is 2.69. The number of aromatic nitrogens is 2. The molecule has 1 fully saturated rings. The lowest BCUT2D eigenvalue weighted by atomic mass is 9.94. The van der Waals surface area contributed by atoms with Crippen LogP contribution < -0.4 is 0 Å². The SMILES string of the molecule is Cc1[nH]nc(S(=O)(=O)N2CC(C)CC(C)C2)c1CO. The number of aryl methyl sites for hydroxylation is 1. The third-order valence-electron chi connectivity index (χ3n) is 3.61. The molecule has 108 valence electrons. The van der Waals surface area contributed by atoms with Gasteiger partial charge < -0.3 is 5.11 Å². The molecule has 0 radical (unpaired) electrons. The van der Waals surface area contributed by atoms with E-state index in [1.165, 1.54) is 4.31 Å². The van der Waals surface area contributed by atoms with E-state index in [2.05, 4.69) is 24.0 Å². The third kappa shape index (κ3) is 2.68. The second-order valence-electron chi connectivity index (χ2n) is 5.56. The zero-order valence-corrected chi connectivity index (χ0v) is 12.4. The molecule has 0 aliphatic carbocycles. The Morgan fingerprint density at radius 1 is 1.37 bits per heavy atom. The summed E-state index contributed by atoms with van der Waals surface area (Å²) in [6.07, 6.45) is 1.04. The van der Waals surface area contributed by atoms with Gasteiger partial charge in [0, 0.05) is 24.3 Å². The van der Waals surface area contributed by atoms with Crippen LogP contribution in [0.25, 0.3) is 0 Å². The quantitative estimate of drug-likeness (QED) is 0.864. The molecule has 1 saturated heterocycles. The highest BCUT2D eigenvalue weighted by atomic mass is 32.2. The first-order valence-corrected chi connectivity index (χ1v) is 7.95. The standard InChI is InChI=1S/C12H21N3O3S/c1-8-4-9(2)6-15(5-8)19(17,18)12-11(7-16)10(3)13-14-12/h8-9,16H,4-7H2,1-3H3,(H,13,14). The highest BCUT2D eigenvalue weighted by Gasteiger charge is 2.35. The van der Waals surface area contributed by atoms with E-state index >= 15 is 0 Å². The van der Waals surface area contributed by atoms with Crippen molar-refractivity contribution < 1.29 is 13.5 Å². The van der Waals surface area contributed by atoms with E-state index in [1.807, 2.05) is 0 Å². The number of aromatic amines is 1. The first-order valence-electron chi connectivity index (χ1n) is 6.51. The Kier molecular flexibility index (Phi) is 3.98. The molecule has 2 heterocycles.